The number of rotatable bonds is 3. The van der Waals surface area contributed by atoms with Gasteiger partial charge in [-0.2, -0.15) is 10.2 Å². The fourth-order valence-electron chi connectivity index (χ4n) is 1.48. The van der Waals surface area contributed by atoms with Gasteiger partial charge in [-0.05, 0) is 23.8 Å². The Kier molecular flexibility index (Phi) is 3.38. The molecule has 1 aromatic carbocycles. The molecule has 92 valence electrons. The van der Waals surface area contributed by atoms with Crippen LogP contribution in [0.2, 0.25) is 0 Å². The third-order valence-electron chi connectivity index (χ3n) is 2.36. The quantitative estimate of drug-likeness (QED) is 0.377. The third kappa shape index (κ3) is 2.37. The zero-order valence-electron chi connectivity index (χ0n) is 9.78. The molecule has 0 unspecified atom stereocenters. The van der Waals surface area contributed by atoms with Gasteiger partial charge in [-0.15, -0.1) is 0 Å². The summed E-state index contributed by atoms with van der Waals surface area (Å²) < 4.78 is 6.18. The molecule has 0 aliphatic carbocycles. The summed E-state index contributed by atoms with van der Waals surface area (Å²) in [6, 6.07) is 9.01. The molecule has 0 radical (unpaired) electrons. The molecule has 0 spiro atoms. The van der Waals surface area contributed by atoms with Crippen LogP contribution in [0.15, 0.2) is 41.6 Å². The van der Waals surface area contributed by atoms with Crippen LogP contribution in [-0.4, -0.2) is 29.1 Å². The molecule has 6 nitrogen and oxygen atoms in total. The van der Waals surface area contributed by atoms with Gasteiger partial charge in [0.1, 0.15) is 0 Å². The van der Waals surface area contributed by atoms with E-state index in [0.717, 1.165) is 11.3 Å². The molecule has 0 aliphatic heterocycles. The van der Waals surface area contributed by atoms with Crippen molar-refractivity contribution in [1.29, 1.82) is 0 Å². The molecule has 1 heterocycles. The summed E-state index contributed by atoms with van der Waals surface area (Å²) >= 11 is 0. The lowest BCUT2D eigenvalue weighted by atomic mass is 10.2. The van der Waals surface area contributed by atoms with Crippen LogP contribution in [0.25, 0.3) is 5.69 Å². The molecule has 2 rings (SSSR count). The molecule has 0 aliphatic rings. The summed E-state index contributed by atoms with van der Waals surface area (Å²) in [5.74, 6) is 4.60. The largest absolute Gasteiger partial charge is 0.464 e. The van der Waals surface area contributed by atoms with Crippen molar-refractivity contribution in [2.75, 3.05) is 7.11 Å². The first-order valence-electron chi connectivity index (χ1n) is 5.22. The van der Waals surface area contributed by atoms with Crippen LogP contribution in [0.1, 0.15) is 16.1 Å². The number of hydrogen-bond donors (Lipinski definition) is 1. The second kappa shape index (κ2) is 5.13. The van der Waals surface area contributed by atoms with E-state index < -0.39 is 5.97 Å². The molecule has 0 fully saturated rings. The van der Waals surface area contributed by atoms with Crippen molar-refractivity contribution in [3.63, 3.8) is 0 Å². The molecule has 2 N–H and O–H groups in total. The second-order valence-corrected chi connectivity index (χ2v) is 3.51. The number of esters is 1. The number of nitrogens with zero attached hydrogens (tertiary/aromatic N) is 3. The molecule has 0 atom stereocenters. The lowest BCUT2D eigenvalue weighted by Gasteiger charge is -2.01. The standard InChI is InChI=1S/C12H12N4O2/c1-18-12(17)11-6-7-16(15-11)10-4-2-9(3-5-10)8-14-13/h2-8H,13H2,1H3. The SMILES string of the molecule is COC(=O)c1ccn(-c2ccc(C=NN)cc2)n1. The number of benzene rings is 1. The van der Waals surface area contributed by atoms with Crippen LogP contribution >= 0.6 is 0 Å². The maximum atomic E-state index is 11.3. The van der Waals surface area contributed by atoms with Gasteiger partial charge in [0.25, 0.3) is 0 Å². The molecule has 6 heteroatoms. The van der Waals surface area contributed by atoms with Gasteiger partial charge in [0.2, 0.25) is 0 Å². The molecule has 1 aromatic heterocycles. The Morgan fingerprint density at radius 2 is 2.11 bits per heavy atom. The Bertz CT molecular complexity index is 572. The van der Waals surface area contributed by atoms with Crippen LogP contribution in [0, 0.1) is 0 Å². The molecule has 0 bridgehead atoms. The van der Waals surface area contributed by atoms with E-state index >= 15 is 0 Å². The van der Waals surface area contributed by atoms with E-state index in [9.17, 15) is 4.79 Å². The molecule has 18 heavy (non-hydrogen) atoms. The normalized spacial score (nSPS) is 10.7. The second-order valence-electron chi connectivity index (χ2n) is 3.51. The van der Waals surface area contributed by atoms with Gasteiger partial charge >= 0.3 is 5.97 Å². The first-order chi connectivity index (χ1) is 8.74. The number of methoxy groups -OCH3 is 1. The van der Waals surface area contributed by atoms with Crippen molar-refractivity contribution in [3.8, 4) is 5.69 Å². The average molecular weight is 244 g/mol. The van der Waals surface area contributed by atoms with E-state index in [1.54, 1.807) is 23.2 Å². The van der Waals surface area contributed by atoms with Crippen molar-refractivity contribution in [2.24, 2.45) is 10.9 Å². The van der Waals surface area contributed by atoms with E-state index in [1.807, 2.05) is 24.3 Å². The van der Waals surface area contributed by atoms with Crippen molar-refractivity contribution in [2.45, 2.75) is 0 Å². The first kappa shape index (κ1) is 11.8. The number of hydrazone groups is 1. The number of nitrogens with two attached hydrogens (primary N) is 1. The predicted octanol–water partition coefficient (Wildman–Crippen LogP) is 0.952. The van der Waals surface area contributed by atoms with Gasteiger partial charge in [0, 0.05) is 6.20 Å². The summed E-state index contributed by atoms with van der Waals surface area (Å²) in [7, 11) is 1.32. The van der Waals surface area contributed by atoms with Crippen LogP contribution in [-0.2, 0) is 4.74 Å². The number of hydrogen-bond acceptors (Lipinski definition) is 5. The number of aromatic nitrogens is 2. The van der Waals surface area contributed by atoms with Crippen LogP contribution in [0.3, 0.4) is 0 Å². The van der Waals surface area contributed by atoms with Crippen molar-refractivity contribution in [1.82, 2.24) is 9.78 Å². The molecular weight excluding hydrogens is 232 g/mol. The Balaban J connectivity index is 2.26. The third-order valence-corrected chi connectivity index (χ3v) is 2.36. The topological polar surface area (TPSA) is 82.5 Å². The summed E-state index contributed by atoms with van der Waals surface area (Å²) in [6.45, 7) is 0. The smallest absolute Gasteiger partial charge is 0.358 e. The minimum absolute atomic E-state index is 0.269. The van der Waals surface area contributed by atoms with Crippen molar-refractivity contribution < 1.29 is 9.53 Å². The Labute approximate surface area is 104 Å². The van der Waals surface area contributed by atoms with Crippen LogP contribution in [0.4, 0.5) is 0 Å². The van der Waals surface area contributed by atoms with Crippen LogP contribution < -0.4 is 5.84 Å². The lowest BCUT2D eigenvalue weighted by Crippen LogP contribution is -2.04. The average Bonchev–Trinajstić information content (AvgIpc) is 2.89. The summed E-state index contributed by atoms with van der Waals surface area (Å²) in [6.07, 6.45) is 3.24. The Morgan fingerprint density at radius 3 is 2.72 bits per heavy atom. The van der Waals surface area contributed by atoms with Crippen molar-refractivity contribution in [3.05, 3.63) is 47.8 Å². The van der Waals surface area contributed by atoms with E-state index in [2.05, 4.69) is 14.9 Å². The molecule has 0 saturated carbocycles. The van der Waals surface area contributed by atoms with Gasteiger partial charge in [0.05, 0.1) is 19.0 Å². The highest BCUT2D eigenvalue weighted by Gasteiger charge is 2.09. The van der Waals surface area contributed by atoms with E-state index in [1.165, 1.54) is 7.11 Å². The van der Waals surface area contributed by atoms with Crippen LogP contribution in [0.5, 0.6) is 0 Å². The summed E-state index contributed by atoms with van der Waals surface area (Å²) in [5.41, 5.74) is 1.99. The zero-order chi connectivity index (χ0) is 13.0. The van der Waals surface area contributed by atoms with Gasteiger partial charge in [-0.1, -0.05) is 12.1 Å². The Hall–Kier alpha value is -2.63. The predicted molar refractivity (Wildman–Crippen MR) is 66.7 cm³/mol. The minimum atomic E-state index is -0.458. The van der Waals surface area contributed by atoms with E-state index in [4.69, 9.17) is 5.84 Å². The number of ether oxygens (including phenoxy) is 1. The van der Waals surface area contributed by atoms with Gasteiger partial charge in [-0.25, -0.2) is 9.48 Å². The maximum absolute atomic E-state index is 11.3. The summed E-state index contributed by atoms with van der Waals surface area (Å²) in [5, 5.41) is 7.55. The highest BCUT2D eigenvalue weighted by Crippen LogP contribution is 2.09. The fraction of sp³-hybridized carbons (Fsp3) is 0.0833. The van der Waals surface area contributed by atoms with E-state index in [0.29, 0.717) is 0 Å². The Morgan fingerprint density at radius 1 is 1.39 bits per heavy atom. The molecule has 0 saturated heterocycles. The molecule has 2 aromatic rings. The molecular formula is C12H12N4O2. The lowest BCUT2D eigenvalue weighted by molar-refractivity contribution is 0.0593. The number of carbonyl (C=O) groups is 1. The fourth-order valence-corrected chi connectivity index (χ4v) is 1.48. The van der Waals surface area contributed by atoms with Gasteiger partial charge in [0.15, 0.2) is 5.69 Å². The maximum Gasteiger partial charge on any atom is 0.358 e. The number of carbonyl (C=O) groups excluding carboxylic acids is 1. The molecule has 0 amide bonds. The van der Waals surface area contributed by atoms with Gasteiger partial charge < -0.3 is 10.6 Å². The monoisotopic (exact) mass is 244 g/mol. The highest BCUT2D eigenvalue weighted by atomic mass is 16.5. The minimum Gasteiger partial charge on any atom is -0.464 e. The van der Waals surface area contributed by atoms with E-state index in [-0.39, 0.29) is 5.69 Å². The van der Waals surface area contributed by atoms with Gasteiger partial charge in [-0.3, -0.25) is 0 Å². The first-order valence-corrected chi connectivity index (χ1v) is 5.22. The summed E-state index contributed by atoms with van der Waals surface area (Å²) in [4.78, 5) is 11.3. The highest BCUT2D eigenvalue weighted by molar-refractivity contribution is 5.87. The zero-order valence-corrected chi connectivity index (χ0v) is 9.78. The van der Waals surface area contributed by atoms with Crippen molar-refractivity contribution >= 4 is 12.2 Å².